The van der Waals surface area contributed by atoms with Gasteiger partial charge in [-0.05, 0) is 25.5 Å². The number of para-hydroxylation sites is 1. The minimum absolute atomic E-state index is 0.0278. The predicted molar refractivity (Wildman–Crippen MR) is 71.2 cm³/mol. The van der Waals surface area contributed by atoms with Crippen LogP contribution in [-0.4, -0.2) is 36.9 Å². The van der Waals surface area contributed by atoms with Crippen molar-refractivity contribution in [3.8, 4) is 0 Å². The lowest BCUT2D eigenvalue weighted by atomic mass is 10.1. The first-order chi connectivity index (χ1) is 8.47. The second-order valence-corrected chi connectivity index (χ2v) is 4.15. The molecule has 0 atom stereocenters. The molecule has 1 rings (SSSR count). The van der Waals surface area contributed by atoms with Crippen LogP contribution in [0.25, 0.3) is 0 Å². The monoisotopic (exact) mass is 249 g/mol. The zero-order chi connectivity index (χ0) is 13.7. The average molecular weight is 249 g/mol. The molecule has 0 aliphatic heterocycles. The first kappa shape index (κ1) is 14.0. The van der Waals surface area contributed by atoms with E-state index >= 15 is 0 Å². The fraction of sp³-hybridized carbons (Fsp3) is 0.385. The maximum Gasteiger partial charge on any atom is 0.256 e. The number of nitrogens with zero attached hydrogens (tertiary/aromatic N) is 1. The summed E-state index contributed by atoms with van der Waals surface area (Å²) in [6, 6.07) is 5.29. The van der Waals surface area contributed by atoms with Crippen molar-refractivity contribution in [1.82, 2.24) is 10.2 Å². The summed E-state index contributed by atoms with van der Waals surface area (Å²) in [5.41, 5.74) is 7.61. The molecule has 0 aliphatic carbocycles. The van der Waals surface area contributed by atoms with Crippen molar-refractivity contribution in [1.29, 1.82) is 0 Å². The number of amides is 2. The van der Waals surface area contributed by atoms with Crippen LogP contribution < -0.4 is 11.1 Å². The van der Waals surface area contributed by atoms with Gasteiger partial charge in [-0.15, -0.1) is 0 Å². The van der Waals surface area contributed by atoms with Crippen LogP contribution in [0.2, 0.25) is 0 Å². The van der Waals surface area contributed by atoms with E-state index < -0.39 is 0 Å². The van der Waals surface area contributed by atoms with Crippen LogP contribution in [0.3, 0.4) is 0 Å². The van der Waals surface area contributed by atoms with Gasteiger partial charge in [0.2, 0.25) is 5.91 Å². The van der Waals surface area contributed by atoms with Gasteiger partial charge in [-0.1, -0.05) is 12.1 Å². The number of nitrogens with two attached hydrogens (primary N) is 1. The Morgan fingerprint density at radius 1 is 1.39 bits per heavy atom. The van der Waals surface area contributed by atoms with Crippen molar-refractivity contribution in [3.05, 3.63) is 29.3 Å². The maximum absolute atomic E-state index is 12.1. The summed E-state index contributed by atoms with van der Waals surface area (Å²) in [6.07, 6.45) is 0. The first-order valence-electron chi connectivity index (χ1n) is 5.84. The molecular formula is C13H19N3O2. The molecule has 2 amide bonds. The number of hydrogen-bond acceptors (Lipinski definition) is 3. The molecular weight excluding hydrogens is 230 g/mol. The quantitative estimate of drug-likeness (QED) is 0.774. The van der Waals surface area contributed by atoms with Crippen molar-refractivity contribution in [3.63, 3.8) is 0 Å². The molecule has 0 aromatic heterocycles. The molecule has 5 heteroatoms. The molecule has 5 nitrogen and oxygen atoms in total. The van der Waals surface area contributed by atoms with Gasteiger partial charge < -0.3 is 16.0 Å². The smallest absolute Gasteiger partial charge is 0.256 e. The molecule has 0 unspecified atom stereocenters. The SMILES string of the molecule is CCNC(=O)CN(C)C(=O)c1cccc(C)c1N. The average Bonchev–Trinajstić information content (AvgIpc) is 2.32. The minimum atomic E-state index is -0.248. The topological polar surface area (TPSA) is 75.4 Å². The summed E-state index contributed by atoms with van der Waals surface area (Å²) in [5.74, 6) is -0.429. The fourth-order valence-corrected chi connectivity index (χ4v) is 1.61. The second kappa shape index (κ2) is 6.05. The molecule has 0 bridgehead atoms. The molecule has 0 heterocycles. The van der Waals surface area contributed by atoms with Gasteiger partial charge in [0, 0.05) is 19.3 Å². The standard InChI is InChI=1S/C13H19N3O2/c1-4-15-11(17)8-16(3)13(18)10-7-5-6-9(2)12(10)14/h5-7H,4,8,14H2,1-3H3,(H,15,17). The summed E-state index contributed by atoms with van der Waals surface area (Å²) >= 11 is 0. The van der Waals surface area contributed by atoms with E-state index in [1.807, 2.05) is 19.9 Å². The van der Waals surface area contributed by atoms with Gasteiger partial charge >= 0.3 is 0 Å². The molecule has 0 saturated heterocycles. The highest BCUT2D eigenvalue weighted by molar-refractivity contribution is 6.01. The molecule has 1 aromatic rings. The Bertz CT molecular complexity index is 458. The van der Waals surface area contributed by atoms with Gasteiger partial charge in [0.1, 0.15) is 0 Å². The molecule has 1 aromatic carbocycles. The molecule has 18 heavy (non-hydrogen) atoms. The van der Waals surface area contributed by atoms with Crippen molar-refractivity contribution >= 4 is 17.5 Å². The van der Waals surface area contributed by atoms with Crippen LogP contribution in [0, 0.1) is 6.92 Å². The van der Waals surface area contributed by atoms with E-state index in [1.54, 1.807) is 19.2 Å². The molecule has 98 valence electrons. The summed E-state index contributed by atoms with van der Waals surface area (Å²) in [4.78, 5) is 24.9. The third kappa shape index (κ3) is 3.23. The summed E-state index contributed by atoms with van der Waals surface area (Å²) in [5, 5.41) is 2.64. The van der Waals surface area contributed by atoms with Crippen molar-refractivity contribution < 1.29 is 9.59 Å². The lowest BCUT2D eigenvalue weighted by Crippen LogP contribution is -2.38. The number of aryl methyl sites for hydroxylation is 1. The van der Waals surface area contributed by atoms with E-state index in [1.165, 1.54) is 4.90 Å². The Morgan fingerprint density at radius 2 is 2.06 bits per heavy atom. The fourth-order valence-electron chi connectivity index (χ4n) is 1.61. The summed E-state index contributed by atoms with van der Waals surface area (Å²) in [7, 11) is 1.58. The first-order valence-corrected chi connectivity index (χ1v) is 5.84. The molecule has 0 saturated carbocycles. The zero-order valence-corrected chi connectivity index (χ0v) is 11.0. The normalized spacial score (nSPS) is 9.94. The van der Waals surface area contributed by atoms with Gasteiger partial charge in [-0.2, -0.15) is 0 Å². The Hall–Kier alpha value is -2.04. The van der Waals surface area contributed by atoms with Crippen LogP contribution in [0.5, 0.6) is 0 Å². The van der Waals surface area contributed by atoms with E-state index in [4.69, 9.17) is 5.73 Å². The number of nitrogens with one attached hydrogen (secondary N) is 1. The van der Waals surface area contributed by atoms with Gasteiger partial charge in [-0.25, -0.2) is 0 Å². The number of carbonyl (C=O) groups excluding carboxylic acids is 2. The van der Waals surface area contributed by atoms with Crippen LogP contribution >= 0.6 is 0 Å². The third-order valence-corrected chi connectivity index (χ3v) is 2.66. The van der Waals surface area contributed by atoms with E-state index in [-0.39, 0.29) is 18.4 Å². The third-order valence-electron chi connectivity index (χ3n) is 2.66. The molecule has 0 radical (unpaired) electrons. The van der Waals surface area contributed by atoms with Gasteiger partial charge in [-0.3, -0.25) is 9.59 Å². The number of carbonyl (C=O) groups is 2. The van der Waals surface area contributed by atoms with Crippen LogP contribution in [-0.2, 0) is 4.79 Å². The van der Waals surface area contributed by atoms with E-state index in [0.717, 1.165) is 5.56 Å². The van der Waals surface area contributed by atoms with E-state index in [0.29, 0.717) is 17.8 Å². The summed E-state index contributed by atoms with van der Waals surface area (Å²) in [6.45, 7) is 4.25. The maximum atomic E-state index is 12.1. The predicted octanol–water partition coefficient (Wildman–Crippen LogP) is 0.785. The molecule has 0 spiro atoms. The van der Waals surface area contributed by atoms with Crippen LogP contribution in [0.1, 0.15) is 22.8 Å². The zero-order valence-electron chi connectivity index (χ0n) is 11.0. The number of nitrogen functional groups attached to an aromatic ring is 1. The Labute approximate surface area is 107 Å². The number of anilines is 1. The lowest BCUT2D eigenvalue weighted by Gasteiger charge is -2.18. The number of benzene rings is 1. The number of rotatable bonds is 4. The minimum Gasteiger partial charge on any atom is -0.398 e. The Balaban J connectivity index is 2.81. The van der Waals surface area contributed by atoms with E-state index in [9.17, 15) is 9.59 Å². The molecule has 3 N–H and O–H groups in total. The van der Waals surface area contributed by atoms with E-state index in [2.05, 4.69) is 5.32 Å². The second-order valence-electron chi connectivity index (χ2n) is 4.15. The number of hydrogen-bond donors (Lipinski definition) is 2. The summed E-state index contributed by atoms with van der Waals surface area (Å²) < 4.78 is 0. The molecule has 0 fully saturated rings. The highest BCUT2D eigenvalue weighted by Gasteiger charge is 2.17. The van der Waals surface area contributed by atoms with Gasteiger partial charge in [0.25, 0.3) is 5.91 Å². The van der Waals surface area contributed by atoms with Crippen molar-refractivity contribution in [2.45, 2.75) is 13.8 Å². The Kier molecular flexibility index (Phi) is 4.71. The van der Waals surface area contributed by atoms with Crippen molar-refractivity contribution in [2.75, 3.05) is 25.9 Å². The number of likely N-dealkylation sites (N-methyl/N-ethyl adjacent to an activating group) is 2. The molecule has 0 aliphatic rings. The van der Waals surface area contributed by atoms with Crippen molar-refractivity contribution in [2.24, 2.45) is 0 Å². The van der Waals surface area contributed by atoms with Crippen LogP contribution in [0.15, 0.2) is 18.2 Å². The highest BCUT2D eigenvalue weighted by Crippen LogP contribution is 2.17. The Morgan fingerprint density at radius 3 is 2.67 bits per heavy atom. The van der Waals surface area contributed by atoms with Gasteiger partial charge in [0.15, 0.2) is 0 Å². The van der Waals surface area contributed by atoms with Gasteiger partial charge in [0.05, 0.1) is 12.1 Å². The lowest BCUT2D eigenvalue weighted by molar-refractivity contribution is -0.121. The highest BCUT2D eigenvalue weighted by atomic mass is 16.2. The largest absolute Gasteiger partial charge is 0.398 e. The van der Waals surface area contributed by atoms with Crippen LogP contribution in [0.4, 0.5) is 5.69 Å².